The summed E-state index contributed by atoms with van der Waals surface area (Å²) in [5.41, 5.74) is 4.46. The molecule has 0 saturated carbocycles. The molecule has 0 unspecified atom stereocenters. The Morgan fingerprint density at radius 2 is 1.65 bits per heavy atom. The fraction of sp³-hybridized carbons (Fsp3) is 0.350. The minimum atomic E-state index is -0.00122. The number of hydrogen-bond donors (Lipinski definition) is 1. The number of aryl methyl sites for hydroxylation is 1. The van der Waals surface area contributed by atoms with Gasteiger partial charge in [0.2, 0.25) is 0 Å². The summed E-state index contributed by atoms with van der Waals surface area (Å²) in [6.45, 7) is 5.03. The molecular formula is C20H24N2O. The number of benzene rings is 2. The Bertz CT molecular complexity index is 640. The topological polar surface area (TPSA) is 32.3 Å². The van der Waals surface area contributed by atoms with Gasteiger partial charge in [-0.05, 0) is 56.0 Å². The van der Waals surface area contributed by atoms with Gasteiger partial charge in [-0.2, -0.15) is 0 Å². The van der Waals surface area contributed by atoms with Crippen molar-refractivity contribution in [2.75, 3.05) is 24.5 Å². The molecule has 120 valence electrons. The van der Waals surface area contributed by atoms with Crippen molar-refractivity contribution in [3.05, 3.63) is 65.2 Å². The highest BCUT2D eigenvalue weighted by molar-refractivity contribution is 5.94. The standard InChI is InChI=1S/C20H24N2O/c1-16-4-8-18(9-5-16)20(23)21-13-12-17-6-10-19(11-7-17)22-14-2-3-15-22/h4-11H,2-3,12-15H2,1H3,(H,21,23). The zero-order chi connectivity index (χ0) is 16.1. The quantitative estimate of drug-likeness (QED) is 0.916. The Balaban J connectivity index is 1.48. The molecule has 0 atom stereocenters. The Labute approximate surface area is 138 Å². The molecule has 1 heterocycles. The maximum atomic E-state index is 12.1. The SMILES string of the molecule is Cc1ccc(C(=O)NCCc2ccc(N3CCCC3)cc2)cc1. The van der Waals surface area contributed by atoms with Gasteiger partial charge in [0.05, 0.1) is 0 Å². The van der Waals surface area contributed by atoms with Crippen molar-refractivity contribution in [1.82, 2.24) is 5.32 Å². The molecule has 1 fully saturated rings. The van der Waals surface area contributed by atoms with Crippen LogP contribution in [0, 0.1) is 6.92 Å². The molecule has 1 amide bonds. The predicted octanol–water partition coefficient (Wildman–Crippen LogP) is 3.57. The summed E-state index contributed by atoms with van der Waals surface area (Å²) in [6.07, 6.45) is 3.46. The van der Waals surface area contributed by atoms with Crippen LogP contribution in [-0.4, -0.2) is 25.5 Å². The lowest BCUT2D eigenvalue weighted by molar-refractivity contribution is 0.0954. The molecule has 1 aliphatic heterocycles. The minimum Gasteiger partial charge on any atom is -0.372 e. The summed E-state index contributed by atoms with van der Waals surface area (Å²) in [6, 6.07) is 16.4. The third-order valence-corrected chi connectivity index (χ3v) is 4.42. The van der Waals surface area contributed by atoms with Crippen molar-refractivity contribution in [1.29, 1.82) is 0 Å². The molecule has 0 aliphatic carbocycles. The Kier molecular flexibility index (Phi) is 4.96. The monoisotopic (exact) mass is 308 g/mol. The lowest BCUT2D eigenvalue weighted by Crippen LogP contribution is -2.25. The molecule has 3 heteroatoms. The fourth-order valence-electron chi connectivity index (χ4n) is 2.98. The number of nitrogens with zero attached hydrogens (tertiary/aromatic N) is 1. The van der Waals surface area contributed by atoms with Gasteiger partial charge >= 0.3 is 0 Å². The maximum absolute atomic E-state index is 12.1. The molecule has 3 nitrogen and oxygen atoms in total. The second-order valence-corrected chi connectivity index (χ2v) is 6.23. The van der Waals surface area contributed by atoms with Gasteiger partial charge in [0.25, 0.3) is 5.91 Å². The first kappa shape index (κ1) is 15.6. The van der Waals surface area contributed by atoms with E-state index in [0.29, 0.717) is 6.54 Å². The number of rotatable bonds is 5. The van der Waals surface area contributed by atoms with Gasteiger partial charge < -0.3 is 10.2 Å². The molecule has 3 rings (SSSR count). The maximum Gasteiger partial charge on any atom is 0.251 e. The van der Waals surface area contributed by atoms with Gasteiger partial charge in [0, 0.05) is 30.9 Å². The number of anilines is 1. The van der Waals surface area contributed by atoms with E-state index in [4.69, 9.17) is 0 Å². The van der Waals surface area contributed by atoms with Crippen LogP contribution in [0.25, 0.3) is 0 Å². The summed E-state index contributed by atoms with van der Waals surface area (Å²) in [5, 5.41) is 2.99. The molecule has 0 spiro atoms. The first-order valence-electron chi connectivity index (χ1n) is 8.41. The number of carbonyl (C=O) groups is 1. The van der Waals surface area contributed by atoms with Gasteiger partial charge in [0.15, 0.2) is 0 Å². The number of amides is 1. The van der Waals surface area contributed by atoms with Crippen LogP contribution in [0.15, 0.2) is 48.5 Å². The molecule has 2 aromatic carbocycles. The van der Waals surface area contributed by atoms with Gasteiger partial charge in [-0.3, -0.25) is 4.79 Å². The number of hydrogen-bond acceptors (Lipinski definition) is 2. The largest absolute Gasteiger partial charge is 0.372 e. The minimum absolute atomic E-state index is 0.00122. The third-order valence-electron chi connectivity index (χ3n) is 4.42. The molecule has 1 N–H and O–H groups in total. The van der Waals surface area contributed by atoms with E-state index in [2.05, 4.69) is 34.5 Å². The predicted molar refractivity (Wildman–Crippen MR) is 95.1 cm³/mol. The van der Waals surface area contributed by atoms with E-state index < -0.39 is 0 Å². The van der Waals surface area contributed by atoms with Crippen molar-refractivity contribution in [2.24, 2.45) is 0 Å². The van der Waals surface area contributed by atoms with Crippen molar-refractivity contribution in [3.63, 3.8) is 0 Å². The Morgan fingerprint density at radius 3 is 2.30 bits per heavy atom. The van der Waals surface area contributed by atoms with E-state index >= 15 is 0 Å². The first-order chi connectivity index (χ1) is 11.2. The number of carbonyl (C=O) groups excluding carboxylic acids is 1. The summed E-state index contributed by atoms with van der Waals surface area (Å²) in [7, 11) is 0. The average Bonchev–Trinajstić information content (AvgIpc) is 3.10. The molecule has 0 radical (unpaired) electrons. The van der Waals surface area contributed by atoms with E-state index in [-0.39, 0.29) is 5.91 Å². The zero-order valence-corrected chi connectivity index (χ0v) is 13.7. The summed E-state index contributed by atoms with van der Waals surface area (Å²) in [5.74, 6) is -0.00122. The third kappa shape index (κ3) is 4.13. The zero-order valence-electron chi connectivity index (χ0n) is 13.7. The van der Waals surface area contributed by atoms with Gasteiger partial charge in [-0.1, -0.05) is 29.8 Å². The van der Waals surface area contributed by atoms with E-state index in [0.717, 1.165) is 12.0 Å². The van der Waals surface area contributed by atoms with E-state index in [1.54, 1.807) is 0 Å². The summed E-state index contributed by atoms with van der Waals surface area (Å²) >= 11 is 0. The second kappa shape index (κ2) is 7.32. The van der Waals surface area contributed by atoms with Crippen LogP contribution in [0.3, 0.4) is 0 Å². The highest BCUT2D eigenvalue weighted by atomic mass is 16.1. The van der Waals surface area contributed by atoms with Crippen LogP contribution in [0.4, 0.5) is 5.69 Å². The van der Waals surface area contributed by atoms with Gasteiger partial charge in [0.1, 0.15) is 0 Å². The van der Waals surface area contributed by atoms with Crippen LogP contribution in [-0.2, 0) is 6.42 Å². The van der Waals surface area contributed by atoms with E-state index in [1.807, 2.05) is 31.2 Å². The van der Waals surface area contributed by atoms with Crippen LogP contribution >= 0.6 is 0 Å². The number of nitrogens with one attached hydrogen (secondary N) is 1. The first-order valence-corrected chi connectivity index (χ1v) is 8.41. The average molecular weight is 308 g/mol. The smallest absolute Gasteiger partial charge is 0.251 e. The van der Waals surface area contributed by atoms with E-state index in [1.165, 1.54) is 42.7 Å². The molecule has 0 bridgehead atoms. The molecule has 23 heavy (non-hydrogen) atoms. The highest BCUT2D eigenvalue weighted by Crippen LogP contribution is 2.20. The van der Waals surface area contributed by atoms with Crippen molar-refractivity contribution >= 4 is 11.6 Å². The van der Waals surface area contributed by atoms with Crippen molar-refractivity contribution in [3.8, 4) is 0 Å². The molecule has 1 saturated heterocycles. The Hall–Kier alpha value is -2.29. The second-order valence-electron chi connectivity index (χ2n) is 6.23. The van der Waals surface area contributed by atoms with Crippen molar-refractivity contribution in [2.45, 2.75) is 26.2 Å². The molecular weight excluding hydrogens is 284 g/mol. The summed E-state index contributed by atoms with van der Waals surface area (Å²) < 4.78 is 0. The highest BCUT2D eigenvalue weighted by Gasteiger charge is 2.11. The molecule has 1 aliphatic rings. The lowest BCUT2D eigenvalue weighted by Gasteiger charge is -2.17. The van der Waals surface area contributed by atoms with Crippen molar-refractivity contribution < 1.29 is 4.79 Å². The Morgan fingerprint density at radius 1 is 1.00 bits per heavy atom. The van der Waals surface area contributed by atoms with E-state index in [9.17, 15) is 4.79 Å². The van der Waals surface area contributed by atoms with Gasteiger partial charge in [-0.25, -0.2) is 0 Å². The van der Waals surface area contributed by atoms with Crippen LogP contribution in [0.5, 0.6) is 0 Å². The van der Waals surface area contributed by atoms with Gasteiger partial charge in [-0.15, -0.1) is 0 Å². The molecule has 2 aromatic rings. The normalized spacial score (nSPS) is 14.0. The van der Waals surface area contributed by atoms with Crippen LogP contribution < -0.4 is 10.2 Å². The summed E-state index contributed by atoms with van der Waals surface area (Å²) in [4.78, 5) is 14.5. The van der Waals surface area contributed by atoms with Crippen LogP contribution in [0.1, 0.15) is 34.3 Å². The molecule has 0 aromatic heterocycles. The lowest BCUT2D eigenvalue weighted by atomic mass is 10.1. The van der Waals surface area contributed by atoms with Crippen LogP contribution in [0.2, 0.25) is 0 Å². The fourth-order valence-corrected chi connectivity index (χ4v) is 2.98.